The number of hydrogen-bond acceptors (Lipinski definition) is 6. The highest BCUT2D eigenvalue weighted by molar-refractivity contribution is 5.14. The van der Waals surface area contributed by atoms with Crippen molar-refractivity contribution < 1.29 is 37.2 Å². The molecule has 0 amide bonds. The number of hydrogen-bond donors (Lipinski definition) is 0. The third-order valence-electron chi connectivity index (χ3n) is 6.21. The Hall–Kier alpha value is -1.16. The maximum atomic E-state index is 15.9. The van der Waals surface area contributed by atoms with Gasteiger partial charge in [-0.2, -0.15) is 0 Å². The van der Waals surface area contributed by atoms with Crippen LogP contribution in [0.5, 0.6) is 0 Å². The predicted molar refractivity (Wildman–Crippen MR) is 98.2 cm³/mol. The van der Waals surface area contributed by atoms with Crippen molar-refractivity contribution in [1.82, 2.24) is 0 Å². The Kier molecular flexibility index (Phi) is 5.69. The number of ether oxygens (including phenoxy) is 6. The molecule has 162 valence electrons. The third kappa shape index (κ3) is 3.30. The van der Waals surface area contributed by atoms with Gasteiger partial charge in [0.05, 0.1) is 12.7 Å². The van der Waals surface area contributed by atoms with Gasteiger partial charge < -0.3 is 28.4 Å². The molecule has 6 nitrogen and oxygen atoms in total. The Morgan fingerprint density at radius 2 is 1.66 bits per heavy atom. The molecule has 2 saturated heterocycles. The Morgan fingerprint density at radius 1 is 1.03 bits per heavy atom. The summed E-state index contributed by atoms with van der Waals surface area (Å²) in [6, 6.07) is 8.98. The van der Waals surface area contributed by atoms with E-state index >= 15 is 8.78 Å². The van der Waals surface area contributed by atoms with Crippen molar-refractivity contribution in [2.45, 2.75) is 81.3 Å². The first-order chi connectivity index (χ1) is 13.9. The van der Waals surface area contributed by atoms with Crippen molar-refractivity contribution in [2.75, 3.05) is 14.2 Å². The van der Waals surface area contributed by atoms with E-state index in [0.29, 0.717) is 12.8 Å². The number of methoxy groups -OCH3 is 2. The smallest absolute Gasteiger partial charge is 0.295 e. The van der Waals surface area contributed by atoms with Crippen LogP contribution >= 0.6 is 0 Å². The standard InChI is InChI=1S/C21H28F2O6/c1-14-16-17(29-20(25-3)12-8-7-11-19(20,24-2)28-16)21(23,27-14)18(22)26-13-15-9-5-4-6-10-15/h4-6,9-10,14,16-18H,7-8,11-13H2,1-3H3/t14-,16+,17+,18?,19+,20+,21+/m0/s1. The summed E-state index contributed by atoms with van der Waals surface area (Å²) in [6.07, 6.45) is -2.74. The van der Waals surface area contributed by atoms with Gasteiger partial charge in [-0.3, -0.25) is 0 Å². The summed E-state index contributed by atoms with van der Waals surface area (Å²) in [7, 11) is 2.97. The third-order valence-corrected chi connectivity index (χ3v) is 6.21. The van der Waals surface area contributed by atoms with Crippen LogP contribution in [0.15, 0.2) is 30.3 Å². The first kappa shape index (κ1) is 21.1. The second kappa shape index (κ2) is 7.83. The van der Waals surface area contributed by atoms with Crippen LogP contribution in [0.4, 0.5) is 8.78 Å². The zero-order valence-corrected chi connectivity index (χ0v) is 16.9. The summed E-state index contributed by atoms with van der Waals surface area (Å²) >= 11 is 0. The SMILES string of the molecule is CO[C@@]12CCCC[C@@]1(OC)O[C@@H]1[C@H](O2)[C@H](C)O[C@@]1(F)C(F)OCc1ccccc1. The molecule has 2 aliphatic heterocycles. The molecule has 0 aromatic heterocycles. The Labute approximate surface area is 169 Å². The minimum atomic E-state index is -2.83. The van der Waals surface area contributed by atoms with E-state index < -0.39 is 42.1 Å². The van der Waals surface area contributed by atoms with Gasteiger partial charge in [0.15, 0.2) is 6.10 Å². The molecule has 0 N–H and O–H groups in total. The minimum absolute atomic E-state index is 0.0961. The van der Waals surface area contributed by atoms with E-state index in [1.165, 1.54) is 14.2 Å². The van der Waals surface area contributed by atoms with E-state index in [4.69, 9.17) is 28.4 Å². The lowest BCUT2D eigenvalue weighted by Crippen LogP contribution is -2.71. The van der Waals surface area contributed by atoms with Crippen LogP contribution in [0.25, 0.3) is 0 Å². The van der Waals surface area contributed by atoms with Gasteiger partial charge in [-0.25, -0.2) is 8.78 Å². The van der Waals surface area contributed by atoms with Crippen molar-refractivity contribution in [3.05, 3.63) is 35.9 Å². The van der Waals surface area contributed by atoms with E-state index in [1.54, 1.807) is 31.2 Å². The van der Waals surface area contributed by atoms with Crippen LogP contribution in [0.2, 0.25) is 0 Å². The molecule has 7 atom stereocenters. The number of rotatable bonds is 6. The maximum absolute atomic E-state index is 15.9. The van der Waals surface area contributed by atoms with Gasteiger partial charge in [-0.1, -0.05) is 30.3 Å². The van der Waals surface area contributed by atoms with Crippen molar-refractivity contribution in [1.29, 1.82) is 0 Å². The monoisotopic (exact) mass is 414 g/mol. The van der Waals surface area contributed by atoms with Gasteiger partial charge in [0.2, 0.25) is 11.6 Å². The zero-order chi connectivity index (χ0) is 20.7. The summed E-state index contributed by atoms with van der Waals surface area (Å²) in [6.45, 7) is 1.53. The lowest BCUT2D eigenvalue weighted by molar-refractivity contribution is -0.476. The van der Waals surface area contributed by atoms with Crippen molar-refractivity contribution in [3.63, 3.8) is 0 Å². The molecule has 8 heteroatoms. The van der Waals surface area contributed by atoms with Gasteiger partial charge in [0.1, 0.15) is 6.10 Å². The molecule has 3 aliphatic rings. The van der Waals surface area contributed by atoms with E-state index in [2.05, 4.69) is 0 Å². The average Bonchev–Trinajstić information content (AvgIpc) is 3.00. The molecule has 1 aromatic carbocycles. The largest absolute Gasteiger partial charge is 0.349 e. The Morgan fingerprint density at radius 3 is 2.28 bits per heavy atom. The number of fused-ring (bicyclic) bond motifs is 2. The van der Waals surface area contributed by atoms with Gasteiger partial charge in [0, 0.05) is 27.1 Å². The summed E-state index contributed by atoms with van der Waals surface area (Å²) < 4.78 is 65.2. The molecule has 29 heavy (non-hydrogen) atoms. The lowest BCUT2D eigenvalue weighted by atomic mass is 9.84. The Balaban J connectivity index is 1.57. The molecule has 2 heterocycles. The average molecular weight is 414 g/mol. The highest BCUT2D eigenvalue weighted by atomic mass is 19.2. The van der Waals surface area contributed by atoms with Gasteiger partial charge in [-0.15, -0.1) is 0 Å². The van der Waals surface area contributed by atoms with Crippen molar-refractivity contribution in [2.24, 2.45) is 0 Å². The van der Waals surface area contributed by atoms with Crippen LogP contribution < -0.4 is 0 Å². The normalized spacial score (nSPS) is 42.9. The second-order valence-electron chi connectivity index (χ2n) is 7.88. The first-order valence-electron chi connectivity index (χ1n) is 10.0. The first-order valence-corrected chi connectivity index (χ1v) is 10.0. The van der Waals surface area contributed by atoms with Gasteiger partial charge in [-0.05, 0) is 25.3 Å². The molecule has 0 radical (unpaired) electrons. The highest BCUT2D eigenvalue weighted by Crippen LogP contribution is 2.54. The van der Waals surface area contributed by atoms with Crippen molar-refractivity contribution >= 4 is 0 Å². The molecule has 1 unspecified atom stereocenters. The van der Waals surface area contributed by atoms with Crippen LogP contribution in [-0.2, 0) is 35.0 Å². The molecular formula is C21H28F2O6. The topological polar surface area (TPSA) is 55.4 Å². The molecule has 3 fully saturated rings. The molecule has 1 aliphatic carbocycles. The van der Waals surface area contributed by atoms with Crippen LogP contribution in [0.3, 0.4) is 0 Å². The molecule has 4 rings (SSSR count). The molecule has 1 saturated carbocycles. The molecular weight excluding hydrogens is 386 g/mol. The molecule has 1 aromatic rings. The van der Waals surface area contributed by atoms with E-state index in [9.17, 15) is 0 Å². The number of alkyl halides is 2. The summed E-state index contributed by atoms with van der Waals surface area (Å²) in [5, 5.41) is 0. The molecule has 0 bridgehead atoms. The van der Waals surface area contributed by atoms with Crippen LogP contribution in [-0.4, -0.2) is 56.3 Å². The number of halogens is 2. The minimum Gasteiger partial charge on any atom is -0.349 e. The highest BCUT2D eigenvalue weighted by Gasteiger charge is 2.72. The number of benzene rings is 1. The fourth-order valence-corrected chi connectivity index (χ4v) is 4.66. The van der Waals surface area contributed by atoms with E-state index in [-0.39, 0.29) is 6.61 Å². The zero-order valence-electron chi connectivity index (χ0n) is 16.9. The fraction of sp³-hybridized carbons (Fsp3) is 0.714. The van der Waals surface area contributed by atoms with E-state index in [0.717, 1.165) is 18.4 Å². The van der Waals surface area contributed by atoms with E-state index in [1.807, 2.05) is 6.07 Å². The summed E-state index contributed by atoms with van der Waals surface area (Å²) in [4.78, 5) is 0. The van der Waals surface area contributed by atoms with Gasteiger partial charge in [0.25, 0.3) is 12.2 Å². The Bertz CT molecular complexity index is 708. The molecule has 0 spiro atoms. The predicted octanol–water partition coefficient (Wildman–Crippen LogP) is 3.63. The quantitative estimate of drug-likeness (QED) is 0.709. The van der Waals surface area contributed by atoms with Crippen LogP contribution in [0.1, 0.15) is 38.2 Å². The van der Waals surface area contributed by atoms with Gasteiger partial charge >= 0.3 is 0 Å². The summed E-state index contributed by atoms with van der Waals surface area (Å²) in [5.74, 6) is -5.37. The second-order valence-corrected chi connectivity index (χ2v) is 7.88. The summed E-state index contributed by atoms with van der Waals surface area (Å²) in [5.41, 5.74) is 0.723. The fourth-order valence-electron chi connectivity index (χ4n) is 4.66. The van der Waals surface area contributed by atoms with Crippen molar-refractivity contribution in [3.8, 4) is 0 Å². The lowest BCUT2D eigenvalue weighted by Gasteiger charge is -2.56. The van der Waals surface area contributed by atoms with Crippen LogP contribution in [0, 0.1) is 0 Å². The maximum Gasteiger partial charge on any atom is 0.295 e.